The van der Waals surface area contributed by atoms with Crippen molar-refractivity contribution in [3.05, 3.63) is 29.8 Å². The van der Waals surface area contributed by atoms with E-state index in [4.69, 9.17) is 7.85 Å². The molecular formula is C7H8O. The lowest BCUT2D eigenvalue weighted by atomic mass is 10.2. The number of benzene rings is 1. The van der Waals surface area contributed by atoms with Gasteiger partial charge in [0.05, 0.1) is 2.74 Å². The molecule has 1 aromatic carbocycles. The van der Waals surface area contributed by atoms with Crippen LogP contribution in [0.1, 0.15) is 8.30 Å². The predicted octanol–water partition coefficient (Wildman–Crippen LogP) is 1.70. The topological polar surface area (TPSA) is 20.2 Å². The summed E-state index contributed by atoms with van der Waals surface area (Å²) in [6.07, 6.45) is 0. The average Bonchev–Trinajstić information content (AvgIpc) is 1.82. The molecule has 0 aliphatic rings. The van der Waals surface area contributed by atoms with Crippen molar-refractivity contribution >= 4 is 0 Å². The Morgan fingerprint density at radius 1 is 1.75 bits per heavy atom. The van der Waals surface area contributed by atoms with Crippen LogP contribution in [0.25, 0.3) is 0 Å². The van der Waals surface area contributed by atoms with Crippen LogP contribution in [0.2, 0.25) is 0 Å². The van der Waals surface area contributed by atoms with Gasteiger partial charge in [0.25, 0.3) is 0 Å². The first-order valence-corrected chi connectivity index (χ1v) is 2.38. The van der Waals surface area contributed by atoms with Crippen molar-refractivity contribution < 1.29 is 7.85 Å². The van der Waals surface area contributed by atoms with E-state index in [1.807, 2.05) is 0 Å². The van der Waals surface area contributed by atoms with Crippen LogP contribution >= 0.6 is 0 Å². The van der Waals surface area contributed by atoms with Crippen LogP contribution in [0.5, 0.6) is 5.75 Å². The predicted molar refractivity (Wildman–Crippen MR) is 32.8 cm³/mol. The molecule has 0 radical (unpaired) electrons. The minimum absolute atomic E-state index is 0.0185. The number of para-hydroxylation sites is 1. The van der Waals surface area contributed by atoms with E-state index in [9.17, 15) is 0 Å². The molecule has 0 aliphatic heterocycles. The highest BCUT2D eigenvalue weighted by molar-refractivity contribution is 5.29. The second-order valence-electron chi connectivity index (χ2n) is 1.63. The molecule has 8 heavy (non-hydrogen) atoms. The zero-order chi connectivity index (χ0) is 7.72. The Bertz CT molecular complexity index is 235. The Kier molecular flexibility index (Phi) is 0.729. The van der Waals surface area contributed by atoms with Crippen LogP contribution in [0, 0.1) is 6.92 Å². The van der Waals surface area contributed by atoms with Gasteiger partial charge in [-0.25, -0.2) is 0 Å². The number of phenols is 1. The average molecular weight is 110 g/mol. The van der Waals surface area contributed by atoms with Crippen molar-refractivity contribution in [2.75, 3.05) is 0 Å². The third-order valence-corrected chi connectivity index (χ3v) is 0.966. The minimum atomic E-state index is -0.0315. The molecule has 0 bridgehead atoms. The molecule has 0 unspecified atom stereocenters. The molecule has 1 N–H and O–H groups in total. The molecule has 0 atom stereocenters. The van der Waals surface area contributed by atoms with Gasteiger partial charge in [0.1, 0.15) is 5.75 Å². The SMILES string of the molecule is [2H]c1cc([2H])c(O)c(C)c1. The van der Waals surface area contributed by atoms with Gasteiger partial charge in [-0.3, -0.25) is 0 Å². The summed E-state index contributed by atoms with van der Waals surface area (Å²) in [5.74, 6) is -0.0315. The molecule has 0 amide bonds. The van der Waals surface area contributed by atoms with Crippen molar-refractivity contribution in [1.29, 1.82) is 0 Å². The Balaban J connectivity index is 3.31. The van der Waals surface area contributed by atoms with E-state index in [0.717, 1.165) is 0 Å². The van der Waals surface area contributed by atoms with Gasteiger partial charge in [0.2, 0.25) is 0 Å². The van der Waals surface area contributed by atoms with Crippen molar-refractivity contribution in [3.8, 4) is 5.75 Å². The maximum atomic E-state index is 9.06. The van der Waals surface area contributed by atoms with Gasteiger partial charge in [-0.15, -0.1) is 0 Å². The normalized spacial score (nSPS) is 12.6. The molecule has 0 fully saturated rings. The van der Waals surface area contributed by atoms with Crippen molar-refractivity contribution in [3.63, 3.8) is 0 Å². The molecule has 1 aromatic rings. The van der Waals surface area contributed by atoms with Crippen LogP contribution < -0.4 is 0 Å². The largest absolute Gasteiger partial charge is 0.508 e. The summed E-state index contributed by atoms with van der Waals surface area (Å²) in [5.41, 5.74) is 0.581. The fourth-order valence-corrected chi connectivity index (χ4v) is 0.459. The van der Waals surface area contributed by atoms with Gasteiger partial charge in [-0.2, -0.15) is 0 Å². The standard InChI is InChI=1S/C7H8O/c1-6-4-2-3-5-7(6)8/h2-5,8H,1H3/i2D,5D. The fourth-order valence-electron chi connectivity index (χ4n) is 0.459. The van der Waals surface area contributed by atoms with E-state index in [-0.39, 0.29) is 17.8 Å². The highest BCUT2D eigenvalue weighted by Crippen LogP contribution is 2.12. The van der Waals surface area contributed by atoms with Crippen LogP contribution in [0.4, 0.5) is 0 Å². The summed E-state index contributed by atoms with van der Waals surface area (Å²) in [4.78, 5) is 0. The summed E-state index contributed by atoms with van der Waals surface area (Å²) in [7, 11) is 0. The van der Waals surface area contributed by atoms with E-state index >= 15 is 0 Å². The maximum Gasteiger partial charge on any atom is 0.118 e. The lowest BCUT2D eigenvalue weighted by Gasteiger charge is -1.92. The van der Waals surface area contributed by atoms with Gasteiger partial charge in [-0.1, -0.05) is 18.2 Å². The second kappa shape index (κ2) is 1.86. The summed E-state index contributed by atoms with van der Waals surface area (Å²) >= 11 is 0. The number of rotatable bonds is 0. The Labute approximate surface area is 51.4 Å². The van der Waals surface area contributed by atoms with Crippen LogP contribution in [0.3, 0.4) is 0 Å². The molecule has 0 aliphatic carbocycles. The van der Waals surface area contributed by atoms with Crippen molar-refractivity contribution in [1.82, 2.24) is 0 Å². The quantitative estimate of drug-likeness (QED) is 0.539. The van der Waals surface area contributed by atoms with E-state index < -0.39 is 0 Å². The van der Waals surface area contributed by atoms with Gasteiger partial charge < -0.3 is 5.11 Å². The minimum Gasteiger partial charge on any atom is -0.508 e. The number of hydrogen-bond acceptors (Lipinski definition) is 1. The van der Waals surface area contributed by atoms with E-state index in [0.29, 0.717) is 5.56 Å². The van der Waals surface area contributed by atoms with Crippen molar-refractivity contribution in [2.24, 2.45) is 0 Å². The zero-order valence-electron chi connectivity index (χ0n) is 6.60. The molecule has 1 rings (SSSR count). The van der Waals surface area contributed by atoms with Gasteiger partial charge in [0.15, 0.2) is 0 Å². The van der Waals surface area contributed by atoms with Gasteiger partial charge in [-0.05, 0) is 18.5 Å². The van der Waals surface area contributed by atoms with E-state index in [1.165, 1.54) is 12.1 Å². The first kappa shape index (κ1) is 3.13. The molecule has 0 saturated heterocycles. The number of hydrogen-bond donors (Lipinski definition) is 1. The van der Waals surface area contributed by atoms with E-state index in [2.05, 4.69) is 0 Å². The Morgan fingerprint density at radius 2 is 2.50 bits per heavy atom. The second-order valence-corrected chi connectivity index (χ2v) is 1.63. The van der Waals surface area contributed by atoms with Gasteiger partial charge >= 0.3 is 0 Å². The number of phenolic OH excluding ortho intramolecular Hbond substituents is 1. The third kappa shape index (κ3) is 0.808. The Morgan fingerprint density at radius 3 is 3.12 bits per heavy atom. The molecule has 1 nitrogen and oxygen atoms in total. The lowest BCUT2D eigenvalue weighted by molar-refractivity contribution is 0.471. The molecule has 0 saturated carbocycles. The number of aryl methyl sites for hydroxylation is 1. The molecule has 0 heterocycles. The van der Waals surface area contributed by atoms with Gasteiger partial charge in [0, 0.05) is 0 Å². The summed E-state index contributed by atoms with van der Waals surface area (Å²) < 4.78 is 14.3. The molecular weight excluding hydrogens is 100 g/mol. The Hall–Kier alpha value is -0.980. The summed E-state index contributed by atoms with van der Waals surface area (Å²) in [6.45, 7) is 1.67. The van der Waals surface area contributed by atoms with Crippen LogP contribution in [-0.4, -0.2) is 5.11 Å². The highest BCUT2D eigenvalue weighted by atomic mass is 16.3. The first-order chi connectivity index (χ1) is 4.61. The number of aromatic hydroxyl groups is 1. The lowest BCUT2D eigenvalue weighted by Crippen LogP contribution is -1.68. The summed E-state index contributed by atoms with van der Waals surface area (Å²) in [5, 5.41) is 9.06. The highest BCUT2D eigenvalue weighted by Gasteiger charge is 1.86. The zero-order valence-corrected chi connectivity index (χ0v) is 4.60. The first-order valence-electron chi connectivity index (χ1n) is 3.38. The molecule has 0 aromatic heterocycles. The van der Waals surface area contributed by atoms with Crippen LogP contribution in [-0.2, 0) is 0 Å². The molecule has 1 heteroatoms. The third-order valence-electron chi connectivity index (χ3n) is 0.966. The van der Waals surface area contributed by atoms with E-state index in [1.54, 1.807) is 6.92 Å². The molecule has 0 spiro atoms. The fraction of sp³-hybridized carbons (Fsp3) is 0.143. The monoisotopic (exact) mass is 110 g/mol. The maximum absolute atomic E-state index is 9.06. The smallest absolute Gasteiger partial charge is 0.118 e. The van der Waals surface area contributed by atoms with Crippen LogP contribution in [0.15, 0.2) is 24.2 Å². The summed E-state index contributed by atoms with van der Waals surface area (Å²) in [6, 6.07) is 3.11. The molecule has 42 valence electrons. The van der Waals surface area contributed by atoms with Crippen molar-refractivity contribution in [2.45, 2.75) is 6.92 Å².